The molecule has 1 heterocycles. The number of rotatable bonds is 6. The van der Waals surface area contributed by atoms with E-state index in [0.29, 0.717) is 26.9 Å². The molecule has 0 aliphatic rings. The van der Waals surface area contributed by atoms with E-state index >= 15 is 0 Å². The first-order valence-electron chi connectivity index (χ1n) is 10.3. The van der Waals surface area contributed by atoms with Crippen LogP contribution in [0.4, 0.5) is 0 Å². The number of phenolic OH excluding ortho intramolecular Hbond substituents is 1. The van der Waals surface area contributed by atoms with Gasteiger partial charge in [-0.2, -0.15) is 0 Å². The number of fused-ring (bicyclic) bond motifs is 1. The summed E-state index contributed by atoms with van der Waals surface area (Å²) in [6, 6.07) is 35.0. The monoisotopic (exact) mass is 470 g/mol. The van der Waals surface area contributed by atoms with E-state index in [2.05, 4.69) is 60.7 Å². The molecule has 0 spiro atoms. The predicted octanol–water partition coefficient (Wildman–Crippen LogP) is 6.44. The van der Waals surface area contributed by atoms with Gasteiger partial charge in [0.25, 0.3) is 0 Å². The molecule has 0 fully saturated rings. The van der Waals surface area contributed by atoms with E-state index in [9.17, 15) is 5.11 Å². The van der Waals surface area contributed by atoms with Crippen LogP contribution in [0.25, 0.3) is 20.8 Å². The van der Waals surface area contributed by atoms with E-state index in [0.717, 1.165) is 17.7 Å². The van der Waals surface area contributed by atoms with Gasteiger partial charge in [-0.15, -0.1) is 0 Å². The van der Waals surface area contributed by atoms with Crippen molar-refractivity contribution in [2.45, 2.75) is 13.0 Å². The van der Waals surface area contributed by atoms with E-state index in [1.807, 2.05) is 30.3 Å². The van der Waals surface area contributed by atoms with Crippen molar-refractivity contribution in [3.63, 3.8) is 0 Å². The van der Waals surface area contributed by atoms with Crippen LogP contribution in [0.2, 0.25) is 0 Å². The molecule has 0 saturated carbocycles. The molecule has 152 valence electrons. The summed E-state index contributed by atoms with van der Waals surface area (Å²) in [5, 5.41) is 11.0. The van der Waals surface area contributed by atoms with Gasteiger partial charge >= 0.3 is 188 Å². The maximum absolute atomic E-state index is 9.61. The minimum absolute atomic E-state index is 0.298. The third-order valence-corrected chi connectivity index (χ3v) is 7.82. The number of aromatic hydroxyl groups is 1. The van der Waals surface area contributed by atoms with E-state index < -0.39 is 0 Å². The summed E-state index contributed by atoms with van der Waals surface area (Å²) in [5.74, 6) is 1.19. The first kappa shape index (κ1) is 19.7. The van der Waals surface area contributed by atoms with Crippen molar-refractivity contribution >= 4 is 24.1 Å². The van der Waals surface area contributed by atoms with Crippen LogP contribution in [-0.4, -0.2) is 19.6 Å². The first-order valence-corrected chi connectivity index (χ1v) is 12.0. The topological polar surface area (TPSA) is 29.5 Å². The average Bonchev–Trinajstić information content (AvgIpc) is 3.18. The Morgan fingerprint density at radius 2 is 1.39 bits per heavy atom. The van der Waals surface area contributed by atoms with Crippen LogP contribution < -0.4 is 4.74 Å². The molecule has 0 unspecified atom stereocenters. The molecule has 0 bridgehead atoms. The molecule has 1 N–H and O–H groups in total. The van der Waals surface area contributed by atoms with Crippen molar-refractivity contribution < 1.29 is 9.84 Å². The summed E-state index contributed by atoms with van der Waals surface area (Å²) in [4.78, 5) is 0. The Labute approximate surface area is 188 Å². The molecule has 1 aromatic heterocycles. The van der Waals surface area contributed by atoms with Gasteiger partial charge in [0, 0.05) is 0 Å². The third-order valence-electron chi connectivity index (χ3n) is 5.36. The molecule has 0 saturated heterocycles. The summed E-state index contributed by atoms with van der Waals surface area (Å²) in [6.07, 6.45) is 0.899. The molecule has 31 heavy (non-hydrogen) atoms. The molecule has 2 nitrogen and oxygen atoms in total. The Hall–Kier alpha value is -3.26. The molecule has 5 rings (SSSR count). The Morgan fingerprint density at radius 1 is 0.677 bits per heavy atom. The molecular formula is C28H22O2Se. The van der Waals surface area contributed by atoms with Gasteiger partial charge in [-0.25, -0.2) is 0 Å². The van der Waals surface area contributed by atoms with Gasteiger partial charge in [-0.05, 0) is 0 Å². The van der Waals surface area contributed by atoms with Crippen LogP contribution in [0.1, 0.15) is 15.6 Å². The quantitative estimate of drug-likeness (QED) is 0.290. The average molecular weight is 469 g/mol. The molecule has 4 aromatic carbocycles. The summed E-state index contributed by atoms with van der Waals surface area (Å²) < 4.78 is 8.88. The minimum atomic E-state index is 0.298. The second-order valence-corrected chi connectivity index (χ2v) is 9.92. The summed E-state index contributed by atoms with van der Waals surface area (Å²) in [5.41, 5.74) is 4.96. The first-order chi connectivity index (χ1) is 15.3. The number of hydrogen-bond acceptors (Lipinski definition) is 2. The van der Waals surface area contributed by atoms with Gasteiger partial charge in [-0.3, -0.25) is 0 Å². The SMILES string of the molecule is Oc1ccc(Cc2[se]c3ccccc3c2-c2ccc(OCc3ccccc3)cc2)cc1. The molecule has 5 aromatic rings. The Bertz CT molecular complexity index is 1290. The molecule has 0 aliphatic heterocycles. The van der Waals surface area contributed by atoms with Gasteiger partial charge in [-0.1, -0.05) is 0 Å². The molecule has 0 atom stereocenters. The van der Waals surface area contributed by atoms with Crippen molar-refractivity contribution in [2.75, 3.05) is 0 Å². The van der Waals surface area contributed by atoms with Gasteiger partial charge < -0.3 is 0 Å². The summed E-state index contributed by atoms with van der Waals surface area (Å²) in [7, 11) is 0. The zero-order valence-electron chi connectivity index (χ0n) is 17.0. The molecule has 0 amide bonds. The van der Waals surface area contributed by atoms with E-state index in [1.54, 1.807) is 12.1 Å². The zero-order valence-corrected chi connectivity index (χ0v) is 18.7. The Kier molecular flexibility index (Phi) is 5.62. The predicted molar refractivity (Wildman–Crippen MR) is 128 cm³/mol. The molecule has 3 heteroatoms. The Morgan fingerprint density at radius 3 is 2.16 bits per heavy atom. The van der Waals surface area contributed by atoms with Gasteiger partial charge in [0.15, 0.2) is 0 Å². The van der Waals surface area contributed by atoms with Crippen molar-refractivity contribution in [1.29, 1.82) is 0 Å². The van der Waals surface area contributed by atoms with E-state index in [4.69, 9.17) is 4.74 Å². The summed E-state index contributed by atoms with van der Waals surface area (Å²) >= 11 is 0.298. The maximum atomic E-state index is 9.61. The fourth-order valence-corrected chi connectivity index (χ4v) is 6.44. The van der Waals surface area contributed by atoms with Crippen molar-refractivity contribution in [2.24, 2.45) is 0 Å². The van der Waals surface area contributed by atoms with Gasteiger partial charge in [0.2, 0.25) is 0 Å². The molecule has 0 radical (unpaired) electrons. The second kappa shape index (κ2) is 8.85. The normalized spacial score (nSPS) is 11.0. The van der Waals surface area contributed by atoms with Crippen LogP contribution >= 0.6 is 0 Å². The molecule has 0 aliphatic carbocycles. The standard InChI is InChI=1S/C28H22O2Se/c29-23-14-10-20(11-15-23)18-27-28(25-8-4-5-9-26(25)31-27)22-12-16-24(17-13-22)30-19-21-6-2-1-3-7-21/h1-17,29H,18-19H2. The summed E-state index contributed by atoms with van der Waals surface area (Å²) in [6.45, 7) is 0.570. The van der Waals surface area contributed by atoms with Crippen molar-refractivity contribution in [3.05, 3.63) is 119 Å². The zero-order chi connectivity index (χ0) is 21.0. The number of ether oxygens (including phenoxy) is 1. The fraction of sp³-hybridized carbons (Fsp3) is 0.0714. The van der Waals surface area contributed by atoms with E-state index in [1.165, 1.54) is 30.8 Å². The number of hydrogen-bond donors (Lipinski definition) is 1. The van der Waals surface area contributed by atoms with Crippen LogP contribution in [-0.2, 0) is 13.0 Å². The second-order valence-electron chi connectivity index (χ2n) is 7.54. The molecular weight excluding hydrogens is 447 g/mol. The van der Waals surface area contributed by atoms with Crippen LogP contribution in [0.5, 0.6) is 11.5 Å². The Balaban J connectivity index is 1.45. The third kappa shape index (κ3) is 4.44. The van der Waals surface area contributed by atoms with Gasteiger partial charge in [0.05, 0.1) is 0 Å². The fourth-order valence-electron chi connectivity index (χ4n) is 3.80. The van der Waals surface area contributed by atoms with Crippen molar-refractivity contribution in [3.8, 4) is 22.6 Å². The van der Waals surface area contributed by atoms with Crippen LogP contribution in [0, 0.1) is 0 Å². The number of benzene rings is 4. The van der Waals surface area contributed by atoms with Crippen molar-refractivity contribution in [1.82, 2.24) is 0 Å². The van der Waals surface area contributed by atoms with Crippen LogP contribution in [0.3, 0.4) is 0 Å². The van der Waals surface area contributed by atoms with Crippen LogP contribution in [0.15, 0.2) is 103 Å². The van der Waals surface area contributed by atoms with Gasteiger partial charge in [0.1, 0.15) is 0 Å². The number of phenols is 1. The van der Waals surface area contributed by atoms with E-state index in [-0.39, 0.29) is 0 Å².